The Balaban J connectivity index is 2.44. The molecular weight excluding hydrogens is 285 g/mol. The zero-order chi connectivity index (χ0) is 15.1. The lowest BCUT2D eigenvalue weighted by atomic mass is 10.2. The van der Waals surface area contributed by atoms with Crippen molar-refractivity contribution in [3.63, 3.8) is 0 Å². The molecule has 0 spiro atoms. The molecule has 7 heteroatoms. The third kappa shape index (κ3) is 5.48. The molecule has 2 unspecified atom stereocenters. The van der Waals surface area contributed by atoms with Gasteiger partial charge in [0.15, 0.2) is 0 Å². The Morgan fingerprint density at radius 1 is 1.35 bits per heavy atom. The van der Waals surface area contributed by atoms with Crippen LogP contribution < -0.4 is 5.32 Å². The minimum Gasteiger partial charge on any atom is -0.469 e. The van der Waals surface area contributed by atoms with Crippen molar-refractivity contribution in [3.05, 3.63) is 30.1 Å². The summed E-state index contributed by atoms with van der Waals surface area (Å²) in [5, 5.41) is 2.50. The average Bonchev–Trinajstić information content (AvgIpc) is 2.40. The summed E-state index contributed by atoms with van der Waals surface area (Å²) in [6.45, 7) is 1.58. The summed E-state index contributed by atoms with van der Waals surface area (Å²) in [6, 6.07) is 5.25. The van der Waals surface area contributed by atoms with Gasteiger partial charge in [0.05, 0.1) is 13.0 Å². The summed E-state index contributed by atoms with van der Waals surface area (Å²) in [7, 11) is -0.214. The summed E-state index contributed by atoms with van der Waals surface area (Å²) in [6.07, 6.45) is 0. The van der Waals surface area contributed by atoms with Crippen LogP contribution in [0.2, 0.25) is 0 Å². The number of esters is 1. The van der Waals surface area contributed by atoms with Crippen LogP contribution >= 0.6 is 0 Å². The molecule has 0 radical (unpaired) electrons. The molecule has 0 fully saturated rings. The van der Waals surface area contributed by atoms with Gasteiger partial charge in [-0.2, -0.15) is 0 Å². The Morgan fingerprint density at radius 2 is 1.95 bits per heavy atom. The maximum Gasteiger partial charge on any atom is 0.309 e. The molecule has 20 heavy (non-hydrogen) atoms. The summed E-state index contributed by atoms with van der Waals surface area (Å²) < 4.78 is 28.9. The van der Waals surface area contributed by atoms with Gasteiger partial charge in [0, 0.05) is 22.2 Å². The molecule has 0 aliphatic heterocycles. The van der Waals surface area contributed by atoms with Crippen molar-refractivity contribution in [2.45, 2.75) is 6.92 Å². The van der Waals surface area contributed by atoms with Crippen LogP contribution in [0, 0.1) is 11.7 Å². The van der Waals surface area contributed by atoms with E-state index in [9.17, 15) is 18.2 Å². The van der Waals surface area contributed by atoms with Gasteiger partial charge < -0.3 is 10.1 Å². The fourth-order valence-corrected chi connectivity index (χ4v) is 2.66. The molecule has 1 amide bonds. The Labute approximate surface area is 119 Å². The molecule has 2 atom stereocenters. The van der Waals surface area contributed by atoms with E-state index in [-0.39, 0.29) is 11.5 Å². The molecular formula is C13H16FNO4S. The van der Waals surface area contributed by atoms with Crippen LogP contribution in [0.25, 0.3) is 0 Å². The van der Waals surface area contributed by atoms with Gasteiger partial charge in [0.25, 0.3) is 0 Å². The lowest BCUT2D eigenvalue weighted by Gasteiger charge is -2.09. The first-order chi connectivity index (χ1) is 9.42. The largest absolute Gasteiger partial charge is 0.469 e. The van der Waals surface area contributed by atoms with Crippen LogP contribution in [0.1, 0.15) is 6.92 Å². The first kappa shape index (κ1) is 16.3. The second kappa shape index (κ2) is 7.74. The molecule has 0 aliphatic carbocycles. The van der Waals surface area contributed by atoms with Crippen LogP contribution in [-0.4, -0.2) is 34.7 Å². The standard InChI is InChI=1S/C13H16FNO4S/c1-9(13(17)19-2)7-20(18)8-12(16)15-11-5-3-10(14)4-6-11/h3-6,9H,7-8H2,1-2H3,(H,15,16). The van der Waals surface area contributed by atoms with Crippen LogP contribution in [0.15, 0.2) is 24.3 Å². The number of hydrogen-bond donors (Lipinski definition) is 1. The third-order valence-corrected chi connectivity index (χ3v) is 3.92. The van der Waals surface area contributed by atoms with E-state index >= 15 is 0 Å². The highest BCUT2D eigenvalue weighted by molar-refractivity contribution is 7.85. The SMILES string of the molecule is COC(=O)C(C)CS(=O)CC(=O)Nc1ccc(F)cc1. The van der Waals surface area contributed by atoms with Gasteiger partial charge in [-0.1, -0.05) is 6.92 Å². The zero-order valence-corrected chi connectivity index (χ0v) is 12.0. The number of amides is 1. The first-order valence-corrected chi connectivity index (χ1v) is 7.39. The number of hydrogen-bond acceptors (Lipinski definition) is 4. The normalized spacial score (nSPS) is 13.3. The molecule has 110 valence electrons. The molecule has 1 aromatic carbocycles. The van der Waals surface area contributed by atoms with Gasteiger partial charge in [-0.3, -0.25) is 13.8 Å². The van der Waals surface area contributed by atoms with E-state index in [2.05, 4.69) is 10.1 Å². The number of benzene rings is 1. The van der Waals surface area contributed by atoms with Crippen molar-refractivity contribution < 1.29 is 22.9 Å². The van der Waals surface area contributed by atoms with Crippen molar-refractivity contribution >= 4 is 28.4 Å². The van der Waals surface area contributed by atoms with E-state index in [4.69, 9.17) is 0 Å². The average molecular weight is 301 g/mol. The zero-order valence-electron chi connectivity index (χ0n) is 11.2. The number of carbonyl (C=O) groups excluding carboxylic acids is 2. The maximum absolute atomic E-state index is 12.7. The van der Waals surface area contributed by atoms with Crippen molar-refractivity contribution in [1.82, 2.24) is 0 Å². The molecule has 1 aromatic rings. The monoisotopic (exact) mass is 301 g/mol. The van der Waals surface area contributed by atoms with E-state index in [1.807, 2.05) is 0 Å². The van der Waals surface area contributed by atoms with E-state index in [1.54, 1.807) is 6.92 Å². The van der Waals surface area contributed by atoms with Crippen molar-refractivity contribution in [2.24, 2.45) is 5.92 Å². The van der Waals surface area contributed by atoms with Crippen molar-refractivity contribution in [3.8, 4) is 0 Å². The fraction of sp³-hybridized carbons (Fsp3) is 0.385. The summed E-state index contributed by atoms with van der Waals surface area (Å²) in [5.74, 6) is -2.01. The quantitative estimate of drug-likeness (QED) is 0.804. The maximum atomic E-state index is 12.7. The van der Waals surface area contributed by atoms with Gasteiger partial charge in [-0.15, -0.1) is 0 Å². The number of ether oxygens (including phenoxy) is 1. The van der Waals surface area contributed by atoms with Gasteiger partial charge in [0.1, 0.15) is 11.6 Å². The number of anilines is 1. The molecule has 0 aliphatic rings. The molecule has 5 nitrogen and oxygen atoms in total. The molecule has 0 bridgehead atoms. The molecule has 0 heterocycles. The number of methoxy groups -OCH3 is 1. The lowest BCUT2D eigenvalue weighted by Crippen LogP contribution is -2.25. The number of halogens is 1. The Kier molecular flexibility index (Phi) is 6.30. The molecule has 1 N–H and O–H groups in total. The van der Waals surface area contributed by atoms with Crippen LogP contribution in [-0.2, 0) is 25.1 Å². The molecule has 0 saturated carbocycles. The number of rotatable bonds is 6. The smallest absolute Gasteiger partial charge is 0.309 e. The number of carbonyl (C=O) groups is 2. The van der Waals surface area contributed by atoms with E-state index in [0.29, 0.717) is 5.69 Å². The highest BCUT2D eigenvalue weighted by Gasteiger charge is 2.18. The molecule has 0 aromatic heterocycles. The Hall–Kier alpha value is -1.76. The predicted octanol–water partition coefficient (Wildman–Crippen LogP) is 1.32. The minimum absolute atomic E-state index is 0.0590. The first-order valence-electron chi connectivity index (χ1n) is 5.90. The van der Waals surface area contributed by atoms with Gasteiger partial charge in [-0.25, -0.2) is 4.39 Å². The summed E-state index contributed by atoms with van der Waals surface area (Å²) >= 11 is 0. The minimum atomic E-state index is -1.47. The van der Waals surface area contributed by atoms with Gasteiger partial charge >= 0.3 is 5.97 Å². The van der Waals surface area contributed by atoms with Crippen LogP contribution in [0.4, 0.5) is 10.1 Å². The Bertz CT molecular complexity index is 504. The van der Waals surface area contributed by atoms with E-state index in [0.717, 1.165) is 0 Å². The van der Waals surface area contributed by atoms with E-state index in [1.165, 1.54) is 31.4 Å². The predicted molar refractivity (Wildman–Crippen MR) is 74.1 cm³/mol. The van der Waals surface area contributed by atoms with Gasteiger partial charge in [0.2, 0.25) is 5.91 Å². The molecule has 0 saturated heterocycles. The van der Waals surface area contributed by atoms with Crippen molar-refractivity contribution in [2.75, 3.05) is 23.9 Å². The highest BCUT2D eigenvalue weighted by atomic mass is 32.2. The fourth-order valence-electron chi connectivity index (χ4n) is 1.48. The van der Waals surface area contributed by atoms with Gasteiger partial charge in [-0.05, 0) is 24.3 Å². The van der Waals surface area contributed by atoms with E-state index < -0.39 is 34.4 Å². The summed E-state index contributed by atoms with van der Waals surface area (Å²) in [5.41, 5.74) is 0.425. The van der Waals surface area contributed by atoms with Crippen LogP contribution in [0.5, 0.6) is 0 Å². The Morgan fingerprint density at radius 3 is 2.50 bits per heavy atom. The summed E-state index contributed by atoms with van der Waals surface area (Å²) in [4.78, 5) is 22.8. The lowest BCUT2D eigenvalue weighted by molar-refractivity contribution is -0.144. The molecule has 1 rings (SSSR count). The van der Waals surface area contributed by atoms with Crippen LogP contribution in [0.3, 0.4) is 0 Å². The third-order valence-electron chi connectivity index (χ3n) is 2.46. The highest BCUT2D eigenvalue weighted by Crippen LogP contribution is 2.08. The second-order valence-electron chi connectivity index (χ2n) is 4.23. The number of nitrogens with one attached hydrogen (secondary N) is 1. The van der Waals surface area contributed by atoms with Crippen molar-refractivity contribution in [1.29, 1.82) is 0 Å². The topological polar surface area (TPSA) is 72.5 Å². The second-order valence-corrected chi connectivity index (χ2v) is 5.73.